The van der Waals surface area contributed by atoms with Gasteiger partial charge in [-0.15, -0.1) is 0 Å². The molecule has 0 aliphatic heterocycles. The van der Waals surface area contributed by atoms with Crippen molar-refractivity contribution < 1.29 is 27.4 Å². The van der Waals surface area contributed by atoms with Gasteiger partial charge in [0.2, 0.25) is 0 Å². The lowest BCUT2D eigenvalue weighted by Gasteiger charge is -2.11. The van der Waals surface area contributed by atoms with Crippen molar-refractivity contribution in [3.8, 4) is 22.9 Å². The molecule has 0 aliphatic rings. The fraction of sp³-hybridized carbons (Fsp3) is 0.107. The molecule has 1 N–H and O–H groups in total. The summed E-state index contributed by atoms with van der Waals surface area (Å²) in [5.74, 6) is 0.780. The minimum Gasteiger partial charge on any atom is -0.507 e. The van der Waals surface area contributed by atoms with Crippen molar-refractivity contribution in [3.05, 3.63) is 114 Å². The van der Waals surface area contributed by atoms with Crippen LogP contribution >= 0.6 is 0 Å². The number of nitrogens with zero attached hydrogens (tertiary/aromatic N) is 2. The van der Waals surface area contributed by atoms with Crippen molar-refractivity contribution in [2.75, 3.05) is 0 Å². The van der Waals surface area contributed by atoms with E-state index in [4.69, 9.17) is 9.72 Å². The van der Waals surface area contributed by atoms with Crippen LogP contribution in [0.5, 0.6) is 11.5 Å². The minimum atomic E-state index is -4.39. The zero-order valence-electron chi connectivity index (χ0n) is 18.8. The second-order valence-electron chi connectivity index (χ2n) is 8.30. The molecule has 4 aromatic carbocycles. The van der Waals surface area contributed by atoms with Crippen LogP contribution in [0.3, 0.4) is 0 Å². The molecule has 0 atom stereocenters. The number of imidazole rings is 1. The first-order chi connectivity index (χ1) is 17.3. The Bertz CT molecular complexity index is 1510. The van der Waals surface area contributed by atoms with Crippen molar-refractivity contribution in [1.82, 2.24) is 9.55 Å². The third-order valence-corrected chi connectivity index (χ3v) is 5.81. The van der Waals surface area contributed by atoms with Crippen LogP contribution in [0, 0.1) is 5.82 Å². The number of ether oxygens (including phenoxy) is 1. The molecule has 5 aromatic rings. The average molecular weight is 492 g/mol. The highest BCUT2D eigenvalue weighted by Gasteiger charge is 2.29. The maximum atomic E-state index is 13.4. The van der Waals surface area contributed by atoms with E-state index in [-0.39, 0.29) is 18.2 Å². The number of para-hydroxylation sites is 1. The molecule has 1 heterocycles. The highest BCUT2D eigenvalue weighted by molar-refractivity contribution is 5.83. The Morgan fingerprint density at radius 2 is 1.53 bits per heavy atom. The third kappa shape index (κ3) is 4.88. The predicted molar refractivity (Wildman–Crippen MR) is 128 cm³/mol. The predicted octanol–water partition coefficient (Wildman–Crippen LogP) is 7.19. The summed E-state index contributed by atoms with van der Waals surface area (Å²) in [6.07, 6.45) is -4.39. The van der Waals surface area contributed by atoms with Crippen LogP contribution in [0.2, 0.25) is 0 Å². The summed E-state index contributed by atoms with van der Waals surface area (Å²) in [6.45, 7) is 0.485. The molecule has 8 heteroatoms. The Morgan fingerprint density at radius 3 is 2.22 bits per heavy atom. The number of phenols is 1. The molecule has 0 amide bonds. The number of fused-ring (bicyclic) bond motifs is 1. The van der Waals surface area contributed by atoms with Crippen molar-refractivity contribution in [2.45, 2.75) is 19.3 Å². The topological polar surface area (TPSA) is 47.3 Å². The molecule has 0 fully saturated rings. The molecule has 0 saturated heterocycles. The van der Waals surface area contributed by atoms with Crippen molar-refractivity contribution in [3.63, 3.8) is 0 Å². The van der Waals surface area contributed by atoms with E-state index >= 15 is 0 Å². The van der Waals surface area contributed by atoms with Gasteiger partial charge in [0.25, 0.3) is 0 Å². The largest absolute Gasteiger partial charge is 0.507 e. The quantitative estimate of drug-likeness (QED) is 0.255. The Balaban J connectivity index is 1.46. The van der Waals surface area contributed by atoms with E-state index in [0.29, 0.717) is 34.8 Å². The first-order valence-electron chi connectivity index (χ1n) is 11.1. The van der Waals surface area contributed by atoms with E-state index in [2.05, 4.69) is 0 Å². The average Bonchev–Trinajstić information content (AvgIpc) is 3.21. The second-order valence-corrected chi connectivity index (χ2v) is 8.30. The third-order valence-electron chi connectivity index (χ3n) is 5.81. The van der Waals surface area contributed by atoms with Gasteiger partial charge in [-0.25, -0.2) is 9.37 Å². The summed E-state index contributed by atoms with van der Waals surface area (Å²) in [5, 5.41) is 10.5. The maximum absolute atomic E-state index is 13.4. The fourth-order valence-electron chi connectivity index (χ4n) is 3.96. The van der Waals surface area contributed by atoms with Crippen LogP contribution in [-0.2, 0) is 19.3 Å². The van der Waals surface area contributed by atoms with E-state index in [0.717, 1.165) is 23.2 Å². The van der Waals surface area contributed by atoms with Crippen molar-refractivity contribution >= 4 is 11.0 Å². The van der Waals surface area contributed by atoms with Crippen LogP contribution < -0.4 is 4.74 Å². The van der Waals surface area contributed by atoms with Crippen LogP contribution in [-0.4, -0.2) is 14.7 Å². The molecule has 0 aliphatic carbocycles. The Kier molecular flexibility index (Phi) is 6.10. The zero-order valence-corrected chi connectivity index (χ0v) is 18.8. The molecule has 36 heavy (non-hydrogen) atoms. The van der Waals surface area contributed by atoms with Gasteiger partial charge in [0.15, 0.2) is 0 Å². The zero-order chi connectivity index (χ0) is 25.3. The summed E-state index contributed by atoms with van der Waals surface area (Å²) in [7, 11) is 0. The van der Waals surface area contributed by atoms with Gasteiger partial charge in [-0.3, -0.25) is 0 Å². The molecule has 0 saturated carbocycles. The second kappa shape index (κ2) is 9.37. The molecule has 0 bridgehead atoms. The number of hydrogen-bond donors (Lipinski definition) is 1. The van der Waals surface area contributed by atoms with E-state index in [1.807, 2.05) is 10.6 Å². The molecule has 0 spiro atoms. The normalized spacial score (nSPS) is 11.7. The lowest BCUT2D eigenvalue weighted by atomic mass is 10.1. The summed E-state index contributed by atoms with van der Waals surface area (Å²) >= 11 is 0. The van der Waals surface area contributed by atoms with Crippen molar-refractivity contribution in [1.29, 1.82) is 0 Å². The highest BCUT2D eigenvalue weighted by Crippen LogP contribution is 2.33. The SMILES string of the molecule is Oc1ccccc1-c1nc2cc(OCc3ccc(C(F)(F)F)cc3)ccc2n1Cc1ccc(F)cc1. The fourth-order valence-corrected chi connectivity index (χ4v) is 3.96. The van der Waals surface area contributed by atoms with Gasteiger partial charge >= 0.3 is 6.18 Å². The first-order valence-corrected chi connectivity index (χ1v) is 11.1. The lowest BCUT2D eigenvalue weighted by molar-refractivity contribution is -0.137. The van der Waals surface area contributed by atoms with Gasteiger partial charge in [-0.05, 0) is 59.7 Å². The molecular weight excluding hydrogens is 472 g/mol. The summed E-state index contributed by atoms with van der Waals surface area (Å²) in [6, 6.07) is 23.2. The van der Waals surface area contributed by atoms with Gasteiger partial charge in [0.05, 0.1) is 22.2 Å². The van der Waals surface area contributed by atoms with Gasteiger partial charge in [-0.2, -0.15) is 13.2 Å². The van der Waals surface area contributed by atoms with E-state index in [1.165, 1.54) is 24.3 Å². The van der Waals surface area contributed by atoms with Crippen molar-refractivity contribution in [2.24, 2.45) is 0 Å². The number of aromatic hydroxyl groups is 1. The van der Waals surface area contributed by atoms with Gasteiger partial charge in [0.1, 0.15) is 29.7 Å². The van der Waals surface area contributed by atoms with E-state index in [1.54, 1.807) is 48.5 Å². The van der Waals surface area contributed by atoms with Crippen LogP contribution in [0.1, 0.15) is 16.7 Å². The summed E-state index contributed by atoms with van der Waals surface area (Å²) in [5.41, 5.74) is 2.67. The Hall–Kier alpha value is -4.33. The number of alkyl halides is 3. The van der Waals surface area contributed by atoms with Gasteiger partial charge < -0.3 is 14.4 Å². The molecule has 1 aromatic heterocycles. The monoisotopic (exact) mass is 492 g/mol. The smallest absolute Gasteiger partial charge is 0.416 e. The molecule has 4 nitrogen and oxygen atoms in total. The van der Waals surface area contributed by atoms with Crippen LogP contribution in [0.4, 0.5) is 17.6 Å². The molecular formula is C28H20F4N2O2. The number of aromatic nitrogens is 2. The Labute approximate surface area is 204 Å². The number of benzene rings is 4. The summed E-state index contributed by atoms with van der Waals surface area (Å²) < 4.78 is 59.5. The minimum absolute atomic E-state index is 0.0759. The molecule has 5 rings (SSSR count). The standard InChI is InChI=1S/C28H20F4N2O2/c29-21-11-7-18(8-12-21)16-34-25-14-13-22(36-17-19-5-9-20(10-6-19)28(30,31)32)15-24(25)33-27(34)23-3-1-2-4-26(23)35/h1-15,35H,16-17H2. The highest BCUT2D eigenvalue weighted by atomic mass is 19.4. The lowest BCUT2D eigenvalue weighted by Crippen LogP contribution is -2.05. The van der Waals surface area contributed by atoms with Crippen LogP contribution in [0.25, 0.3) is 22.4 Å². The maximum Gasteiger partial charge on any atom is 0.416 e. The van der Waals surface area contributed by atoms with E-state index < -0.39 is 11.7 Å². The number of halogens is 4. The Morgan fingerprint density at radius 1 is 0.833 bits per heavy atom. The number of phenolic OH excluding ortho intramolecular Hbond substituents is 1. The molecule has 0 radical (unpaired) electrons. The van der Waals surface area contributed by atoms with E-state index in [9.17, 15) is 22.7 Å². The van der Waals surface area contributed by atoms with Gasteiger partial charge in [0, 0.05) is 12.6 Å². The number of hydrogen-bond acceptors (Lipinski definition) is 3. The first kappa shape index (κ1) is 23.4. The van der Waals surface area contributed by atoms with Gasteiger partial charge in [-0.1, -0.05) is 36.4 Å². The summed E-state index contributed by atoms with van der Waals surface area (Å²) in [4.78, 5) is 4.74. The molecule has 182 valence electrons. The van der Waals surface area contributed by atoms with Crippen LogP contribution in [0.15, 0.2) is 91.0 Å². The molecule has 0 unspecified atom stereocenters. The number of rotatable bonds is 6.